The molecule has 0 aromatic heterocycles. The van der Waals surface area contributed by atoms with E-state index in [9.17, 15) is 14.7 Å². The van der Waals surface area contributed by atoms with E-state index in [0.717, 1.165) is 38.5 Å². The number of carbonyl (C=O) groups excluding carboxylic acids is 1. The van der Waals surface area contributed by atoms with Gasteiger partial charge in [-0.05, 0) is 44.4 Å². The Labute approximate surface area is 124 Å². The minimum atomic E-state index is -0.737. The summed E-state index contributed by atoms with van der Waals surface area (Å²) in [7, 11) is 0. The molecule has 2 aliphatic heterocycles. The molecule has 3 aliphatic rings. The molecular weight excluding hydrogens is 272 g/mol. The second-order valence-corrected chi connectivity index (χ2v) is 6.66. The fourth-order valence-electron chi connectivity index (χ4n) is 4.09. The number of aliphatic hydroxyl groups is 1. The van der Waals surface area contributed by atoms with Gasteiger partial charge in [0.2, 0.25) is 0 Å². The third-order valence-corrected chi connectivity index (χ3v) is 5.09. The molecule has 0 aromatic carbocycles. The maximum absolute atomic E-state index is 12.8. The molecule has 3 rings (SSSR count). The van der Waals surface area contributed by atoms with Crippen molar-refractivity contribution in [3.63, 3.8) is 0 Å². The van der Waals surface area contributed by atoms with Gasteiger partial charge in [0.15, 0.2) is 0 Å². The topological polar surface area (TPSA) is 81.1 Å². The van der Waals surface area contributed by atoms with Gasteiger partial charge in [-0.15, -0.1) is 0 Å². The van der Waals surface area contributed by atoms with Crippen molar-refractivity contribution in [2.24, 2.45) is 5.92 Å². The Kier molecular flexibility index (Phi) is 4.06. The summed E-state index contributed by atoms with van der Waals surface area (Å²) >= 11 is 0. The summed E-state index contributed by atoms with van der Waals surface area (Å²) in [5.74, 6) is -0.532. The first-order chi connectivity index (χ1) is 10.1. The fraction of sp³-hybridized carbons (Fsp3) is 0.867. The zero-order valence-corrected chi connectivity index (χ0v) is 12.3. The average Bonchev–Trinajstić information content (AvgIpc) is 3.21. The first-order valence-electron chi connectivity index (χ1n) is 8.01. The van der Waals surface area contributed by atoms with Crippen molar-refractivity contribution in [2.75, 3.05) is 13.2 Å². The van der Waals surface area contributed by atoms with E-state index in [0.29, 0.717) is 12.6 Å². The van der Waals surface area contributed by atoms with Gasteiger partial charge in [0, 0.05) is 31.1 Å². The molecule has 2 N–H and O–H groups in total. The normalized spacial score (nSPS) is 31.3. The number of amides is 2. The molecule has 2 atom stereocenters. The minimum absolute atomic E-state index is 0.00700. The van der Waals surface area contributed by atoms with Crippen LogP contribution in [0.3, 0.4) is 0 Å². The number of hydrogen-bond acceptors (Lipinski definition) is 3. The van der Waals surface area contributed by atoms with E-state index in [-0.39, 0.29) is 37.1 Å². The van der Waals surface area contributed by atoms with Crippen molar-refractivity contribution < 1.29 is 19.8 Å². The molecule has 2 bridgehead atoms. The molecule has 2 unspecified atom stereocenters. The highest BCUT2D eigenvalue weighted by Gasteiger charge is 2.46. The highest BCUT2D eigenvalue weighted by Crippen LogP contribution is 2.41. The number of carboxylic acids is 1. The summed E-state index contributed by atoms with van der Waals surface area (Å²) in [6.07, 6.45) is 5.90. The number of carbonyl (C=O) groups is 2. The quantitative estimate of drug-likeness (QED) is 0.801. The Balaban J connectivity index is 1.66. The summed E-state index contributed by atoms with van der Waals surface area (Å²) in [6.45, 7) is 0.422. The van der Waals surface area contributed by atoms with Crippen LogP contribution in [0.2, 0.25) is 0 Å². The predicted octanol–water partition coefficient (Wildman–Crippen LogP) is 1.28. The van der Waals surface area contributed by atoms with Gasteiger partial charge in [-0.25, -0.2) is 4.79 Å². The molecule has 2 amide bonds. The van der Waals surface area contributed by atoms with Gasteiger partial charge in [0.1, 0.15) is 0 Å². The van der Waals surface area contributed by atoms with Crippen molar-refractivity contribution in [1.29, 1.82) is 0 Å². The Hall–Kier alpha value is -1.30. The van der Waals surface area contributed by atoms with Gasteiger partial charge in [0.05, 0.1) is 6.61 Å². The summed E-state index contributed by atoms with van der Waals surface area (Å²) < 4.78 is 0. The molecule has 2 heterocycles. The standard InChI is InChI=1S/C15H24N2O4/c18-6-5-16(11-1-2-11)15(21)17-12-3-4-13(17)8-10(7-12)9-14(19)20/h10-13,18H,1-9H2,(H,19,20). The van der Waals surface area contributed by atoms with Gasteiger partial charge in [-0.2, -0.15) is 0 Å². The lowest BCUT2D eigenvalue weighted by molar-refractivity contribution is -0.138. The van der Waals surface area contributed by atoms with Gasteiger partial charge in [-0.3, -0.25) is 4.79 Å². The van der Waals surface area contributed by atoms with Crippen LogP contribution in [0.25, 0.3) is 0 Å². The van der Waals surface area contributed by atoms with Crippen molar-refractivity contribution in [3.8, 4) is 0 Å². The number of nitrogens with zero attached hydrogens (tertiary/aromatic N) is 2. The van der Waals surface area contributed by atoms with E-state index in [1.54, 1.807) is 0 Å². The Morgan fingerprint density at radius 3 is 2.19 bits per heavy atom. The van der Waals surface area contributed by atoms with E-state index in [1.807, 2.05) is 9.80 Å². The number of aliphatic hydroxyl groups excluding tert-OH is 1. The lowest BCUT2D eigenvalue weighted by atomic mass is 9.88. The maximum atomic E-state index is 12.8. The van der Waals surface area contributed by atoms with E-state index < -0.39 is 5.97 Å². The number of carboxylic acid groups (broad SMARTS) is 1. The average molecular weight is 296 g/mol. The molecule has 6 heteroatoms. The third kappa shape index (κ3) is 3.00. The molecular formula is C15H24N2O4. The van der Waals surface area contributed by atoms with E-state index in [1.165, 1.54) is 0 Å². The van der Waals surface area contributed by atoms with Crippen LogP contribution in [0, 0.1) is 5.92 Å². The lowest BCUT2D eigenvalue weighted by Crippen LogP contribution is -2.53. The molecule has 118 valence electrons. The Bertz CT molecular complexity index is 410. The summed E-state index contributed by atoms with van der Waals surface area (Å²) in [6, 6.07) is 0.759. The van der Waals surface area contributed by atoms with Crippen LogP contribution < -0.4 is 0 Å². The molecule has 0 radical (unpaired) electrons. The van der Waals surface area contributed by atoms with Gasteiger partial charge in [0.25, 0.3) is 0 Å². The lowest BCUT2D eigenvalue weighted by Gasteiger charge is -2.41. The van der Waals surface area contributed by atoms with Crippen LogP contribution in [0.5, 0.6) is 0 Å². The van der Waals surface area contributed by atoms with Crippen molar-refractivity contribution in [1.82, 2.24) is 9.80 Å². The molecule has 3 fully saturated rings. The fourth-order valence-corrected chi connectivity index (χ4v) is 4.09. The number of fused-ring (bicyclic) bond motifs is 2. The minimum Gasteiger partial charge on any atom is -0.481 e. The second kappa shape index (κ2) is 5.83. The number of hydrogen-bond donors (Lipinski definition) is 2. The van der Waals surface area contributed by atoms with Crippen LogP contribution in [0.15, 0.2) is 0 Å². The molecule has 0 spiro atoms. The second-order valence-electron chi connectivity index (χ2n) is 6.66. The molecule has 1 saturated carbocycles. The van der Waals surface area contributed by atoms with Crippen molar-refractivity contribution in [2.45, 2.75) is 63.1 Å². The van der Waals surface area contributed by atoms with Crippen LogP contribution in [0.4, 0.5) is 4.79 Å². The predicted molar refractivity (Wildman–Crippen MR) is 75.8 cm³/mol. The number of aliphatic carboxylic acids is 1. The summed E-state index contributed by atoms with van der Waals surface area (Å²) in [4.78, 5) is 27.5. The Morgan fingerprint density at radius 2 is 1.71 bits per heavy atom. The third-order valence-electron chi connectivity index (χ3n) is 5.09. The van der Waals surface area contributed by atoms with E-state index >= 15 is 0 Å². The van der Waals surface area contributed by atoms with E-state index in [2.05, 4.69) is 0 Å². The SMILES string of the molecule is O=C(O)CC1CC2CCC(C1)N2C(=O)N(CCO)C1CC1. The van der Waals surface area contributed by atoms with Crippen LogP contribution in [-0.2, 0) is 4.79 Å². The smallest absolute Gasteiger partial charge is 0.320 e. The summed E-state index contributed by atoms with van der Waals surface area (Å²) in [5.41, 5.74) is 0. The maximum Gasteiger partial charge on any atom is 0.320 e. The molecule has 21 heavy (non-hydrogen) atoms. The zero-order valence-electron chi connectivity index (χ0n) is 12.3. The summed E-state index contributed by atoms with van der Waals surface area (Å²) in [5, 5.41) is 18.1. The van der Waals surface area contributed by atoms with Gasteiger partial charge >= 0.3 is 12.0 Å². The van der Waals surface area contributed by atoms with Crippen LogP contribution in [-0.4, -0.2) is 63.3 Å². The van der Waals surface area contributed by atoms with Crippen LogP contribution in [0.1, 0.15) is 44.9 Å². The number of rotatable bonds is 5. The molecule has 2 saturated heterocycles. The van der Waals surface area contributed by atoms with Crippen LogP contribution >= 0.6 is 0 Å². The number of piperidine rings is 1. The molecule has 1 aliphatic carbocycles. The first-order valence-corrected chi connectivity index (χ1v) is 8.01. The monoisotopic (exact) mass is 296 g/mol. The first kappa shape index (κ1) is 14.6. The molecule has 6 nitrogen and oxygen atoms in total. The zero-order chi connectivity index (χ0) is 15.0. The highest BCUT2D eigenvalue weighted by atomic mass is 16.4. The van der Waals surface area contributed by atoms with E-state index in [4.69, 9.17) is 5.11 Å². The largest absolute Gasteiger partial charge is 0.481 e. The van der Waals surface area contributed by atoms with Crippen molar-refractivity contribution in [3.05, 3.63) is 0 Å². The van der Waals surface area contributed by atoms with Crippen molar-refractivity contribution >= 4 is 12.0 Å². The Morgan fingerprint density at radius 1 is 1.10 bits per heavy atom. The molecule has 0 aromatic rings. The van der Waals surface area contributed by atoms with Gasteiger partial charge < -0.3 is 20.0 Å². The number of urea groups is 1. The highest BCUT2D eigenvalue weighted by molar-refractivity contribution is 5.76. The van der Waals surface area contributed by atoms with Gasteiger partial charge in [-0.1, -0.05) is 0 Å².